The van der Waals surface area contributed by atoms with Crippen molar-refractivity contribution < 1.29 is 32.2 Å². The molecule has 0 amide bonds. The maximum absolute atomic E-state index is 12.3. The molecule has 1 aliphatic heterocycles. The molecular formula is C17H21NO7S. The quantitative estimate of drug-likeness (QED) is 0.550. The van der Waals surface area contributed by atoms with E-state index in [4.69, 9.17) is 14.2 Å². The van der Waals surface area contributed by atoms with Gasteiger partial charge < -0.3 is 14.2 Å². The standard InChI is InChI=1S/C17H21NO7S/c1-12(19)23-10-16-15(24-13(2)20)8-9-17(25-16)18-26(21,22)11-14-6-4-3-5-7-14/h3-9,15-18H,10-11H2,1-2H3/t15-,16+,17-/m0/s1. The minimum absolute atomic E-state index is 0.172. The molecule has 0 unspecified atom stereocenters. The van der Waals surface area contributed by atoms with Gasteiger partial charge in [0, 0.05) is 13.8 Å². The molecule has 0 saturated heterocycles. The van der Waals surface area contributed by atoms with E-state index in [-0.39, 0.29) is 12.4 Å². The van der Waals surface area contributed by atoms with E-state index in [2.05, 4.69) is 4.72 Å². The van der Waals surface area contributed by atoms with Crippen LogP contribution in [0.5, 0.6) is 0 Å². The number of hydrogen-bond donors (Lipinski definition) is 1. The molecule has 1 N–H and O–H groups in total. The number of esters is 2. The Labute approximate surface area is 152 Å². The van der Waals surface area contributed by atoms with Crippen molar-refractivity contribution in [2.75, 3.05) is 6.61 Å². The number of nitrogens with one attached hydrogen (secondary N) is 1. The van der Waals surface area contributed by atoms with Crippen molar-refractivity contribution in [1.82, 2.24) is 4.72 Å². The number of hydrogen-bond acceptors (Lipinski definition) is 7. The van der Waals surface area contributed by atoms with E-state index in [1.165, 1.54) is 26.0 Å². The van der Waals surface area contributed by atoms with E-state index in [1.807, 2.05) is 0 Å². The Balaban J connectivity index is 2.04. The SMILES string of the molecule is CC(=O)OC[C@H]1O[C@H](NS(=O)(=O)Cc2ccccc2)C=C[C@@H]1OC(C)=O. The first-order chi connectivity index (χ1) is 12.2. The van der Waals surface area contributed by atoms with Crippen LogP contribution in [0.15, 0.2) is 42.5 Å². The first-order valence-electron chi connectivity index (χ1n) is 7.93. The molecule has 1 aliphatic rings. The molecule has 1 aromatic rings. The van der Waals surface area contributed by atoms with Crippen LogP contribution >= 0.6 is 0 Å². The van der Waals surface area contributed by atoms with Crippen molar-refractivity contribution in [3.8, 4) is 0 Å². The Kier molecular flexibility index (Phi) is 6.90. The predicted molar refractivity (Wildman–Crippen MR) is 92.2 cm³/mol. The lowest BCUT2D eigenvalue weighted by molar-refractivity contribution is -0.163. The summed E-state index contributed by atoms with van der Waals surface area (Å²) >= 11 is 0. The fourth-order valence-electron chi connectivity index (χ4n) is 2.37. The molecule has 0 aromatic heterocycles. The van der Waals surface area contributed by atoms with Crippen molar-refractivity contribution in [1.29, 1.82) is 0 Å². The van der Waals surface area contributed by atoms with Crippen LogP contribution in [0.25, 0.3) is 0 Å². The monoisotopic (exact) mass is 383 g/mol. The smallest absolute Gasteiger partial charge is 0.303 e. The van der Waals surface area contributed by atoms with Gasteiger partial charge >= 0.3 is 11.9 Å². The number of carbonyl (C=O) groups is 2. The van der Waals surface area contributed by atoms with Gasteiger partial charge in [-0.25, -0.2) is 8.42 Å². The average molecular weight is 383 g/mol. The van der Waals surface area contributed by atoms with Crippen molar-refractivity contribution in [2.45, 2.75) is 38.0 Å². The third kappa shape index (κ3) is 6.58. The van der Waals surface area contributed by atoms with E-state index < -0.39 is 40.4 Å². The zero-order valence-corrected chi connectivity index (χ0v) is 15.3. The number of ether oxygens (including phenoxy) is 3. The highest BCUT2D eigenvalue weighted by molar-refractivity contribution is 7.88. The van der Waals surface area contributed by atoms with Crippen LogP contribution < -0.4 is 4.72 Å². The Bertz CT molecular complexity index is 761. The Hall–Kier alpha value is -2.23. The molecular weight excluding hydrogens is 362 g/mol. The first kappa shape index (κ1) is 20.1. The zero-order chi connectivity index (χ0) is 19.2. The predicted octanol–water partition coefficient (Wildman–Crippen LogP) is 0.882. The number of carbonyl (C=O) groups excluding carboxylic acids is 2. The van der Waals surface area contributed by atoms with Gasteiger partial charge in [-0.15, -0.1) is 0 Å². The largest absolute Gasteiger partial charge is 0.463 e. The summed E-state index contributed by atoms with van der Waals surface area (Å²) in [4.78, 5) is 22.2. The third-order valence-corrected chi connectivity index (χ3v) is 4.72. The molecule has 0 radical (unpaired) electrons. The molecule has 1 heterocycles. The summed E-state index contributed by atoms with van der Waals surface area (Å²) in [5.74, 6) is -1.26. The molecule has 0 saturated carbocycles. The van der Waals surface area contributed by atoms with E-state index in [9.17, 15) is 18.0 Å². The Morgan fingerprint density at radius 1 is 1.12 bits per heavy atom. The Morgan fingerprint density at radius 3 is 2.42 bits per heavy atom. The maximum atomic E-state index is 12.3. The van der Waals surface area contributed by atoms with Crippen LogP contribution in [0.2, 0.25) is 0 Å². The van der Waals surface area contributed by atoms with E-state index >= 15 is 0 Å². The molecule has 0 aliphatic carbocycles. The van der Waals surface area contributed by atoms with E-state index in [1.54, 1.807) is 30.3 Å². The molecule has 2 rings (SSSR count). The highest BCUT2D eigenvalue weighted by Gasteiger charge is 2.32. The topological polar surface area (TPSA) is 108 Å². The van der Waals surface area contributed by atoms with Crippen LogP contribution in [0.1, 0.15) is 19.4 Å². The molecule has 8 nitrogen and oxygen atoms in total. The highest BCUT2D eigenvalue weighted by atomic mass is 32.2. The number of rotatable bonds is 7. The summed E-state index contributed by atoms with van der Waals surface area (Å²) in [6, 6.07) is 8.71. The van der Waals surface area contributed by atoms with Gasteiger partial charge in [0.05, 0.1) is 5.75 Å². The van der Waals surface area contributed by atoms with Gasteiger partial charge in [0.25, 0.3) is 0 Å². The summed E-state index contributed by atoms with van der Waals surface area (Å²) < 4.78 is 42.6. The van der Waals surface area contributed by atoms with Crippen LogP contribution in [-0.4, -0.2) is 45.4 Å². The minimum atomic E-state index is -3.67. The second-order valence-corrected chi connectivity index (χ2v) is 7.47. The van der Waals surface area contributed by atoms with Gasteiger partial charge in [0.15, 0.2) is 0 Å². The molecule has 0 fully saturated rings. The number of benzene rings is 1. The lowest BCUT2D eigenvalue weighted by atomic mass is 10.1. The van der Waals surface area contributed by atoms with Gasteiger partial charge in [-0.2, -0.15) is 4.72 Å². The van der Waals surface area contributed by atoms with Crippen LogP contribution in [0.4, 0.5) is 0 Å². The van der Waals surface area contributed by atoms with Gasteiger partial charge in [-0.3, -0.25) is 9.59 Å². The average Bonchev–Trinajstić information content (AvgIpc) is 2.54. The zero-order valence-electron chi connectivity index (χ0n) is 14.5. The van der Waals surface area contributed by atoms with Crippen LogP contribution in [0.3, 0.4) is 0 Å². The molecule has 0 spiro atoms. The normalized spacial score (nSPS) is 22.6. The van der Waals surface area contributed by atoms with Crippen molar-refractivity contribution >= 4 is 22.0 Å². The fourth-order valence-corrected chi connectivity index (χ4v) is 3.57. The molecule has 26 heavy (non-hydrogen) atoms. The third-order valence-electron chi connectivity index (χ3n) is 3.41. The minimum Gasteiger partial charge on any atom is -0.463 e. The highest BCUT2D eigenvalue weighted by Crippen LogP contribution is 2.17. The molecule has 3 atom stereocenters. The summed E-state index contributed by atoms with van der Waals surface area (Å²) in [5.41, 5.74) is 0.633. The molecule has 0 bridgehead atoms. The summed E-state index contributed by atoms with van der Waals surface area (Å²) in [7, 11) is -3.67. The van der Waals surface area contributed by atoms with Gasteiger partial charge in [0.2, 0.25) is 10.0 Å². The summed E-state index contributed by atoms with van der Waals surface area (Å²) in [6.45, 7) is 2.31. The van der Waals surface area contributed by atoms with Crippen LogP contribution in [-0.2, 0) is 39.6 Å². The van der Waals surface area contributed by atoms with E-state index in [0.29, 0.717) is 5.56 Å². The lowest BCUT2D eigenvalue weighted by Crippen LogP contribution is -2.47. The fraction of sp³-hybridized carbons (Fsp3) is 0.412. The van der Waals surface area contributed by atoms with Crippen molar-refractivity contribution in [3.63, 3.8) is 0 Å². The summed E-state index contributed by atoms with van der Waals surface area (Å²) in [6.07, 6.45) is 0.393. The second kappa shape index (κ2) is 8.93. The first-order valence-corrected chi connectivity index (χ1v) is 9.59. The van der Waals surface area contributed by atoms with Gasteiger partial charge in [-0.05, 0) is 17.7 Å². The van der Waals surface area contributed by atoms with Crippen LogP contribution in [0, 0.1) is 0 Å². The van der Waals surface area contributed by atoms with Crippen molar-refractivity contribution in [3.05, 3.63) is 48.0 Å². The lowest BCUT2D eigenvalue weighted by Gasteiger charge is -2.31. The molecule has 1 aromatic carbocycles. The Morgan fingerprint density at radius 2 is 1.81 bits per heavy atom. The molecule has 142 valence electrons. The molecule has 9 heteroatoms. The van der Waals surface area contributed by atoms with Gasteiger partial charge in [0.1, 0.15) is 25.0 Å². The summed E-state index contributed by atoms with van der Waals surface area (Å²) in [5, 5.41) is 0. The maximum Gasteiger partial charge on any atom is 0.303 e. The van der Waals surface area contributed by atoms with Gasteiger partial charge in [-0.1, -0.05) is 30.3 Å². The van der Waals surface area contributed by atoms with E-state index in [0.717, 1.165) is 0 Å². The second-order valence-electron chi connectivity index (χ2n) is 5.72. The number of sulfonamides is 1. The van der Waals surface area contributed by atoms with Crippen molar-refractivity contribution in [2.24, 2.45) is 0 Å².